The van der Waals surface area contributed by atoms with Crippen LogP contribution < -0.4 is 5.32 Å². The molecule has 0 amide bonds. The third-order valence-electron chi connectivity index (χ3n) is 4.36. The van der Waals surface area contributed by atoms with Crippen molar-refractivity contribution in [3.63, 3.8) is 0 Å². The lowest BCUT2D eigenvalue weighted by atomic mass is 9.86. The first kappa shape index (κ1) is 16.5. The van der Waals surface area contributed by atoms with Gasteiger partial charge in [-0.1, -0.05) is 19.9 Å². The zero-order valence-electron chi connectivity index (χ0n) is 12.2. The van der Waals surface area contributed by atoms with Crippen LogP contribution in [0.25, 0.3) is 0 Å². The molecule has 0 bridgehead atoms. The molecule has 1 aromatic rings. The van der Waals surface area contributed by atoms with Gasteiger partial charge in [-0.25, -0.2) is 0 Å². The van der Waals surface area contributed by atoms with E-state index >= 15 is 0 Å². The van der Waals surface area contributed by atoms with Gasteiger partial charge in [0.1, 0.15) is 0 Å². The molecule has 2 nitrogen and oxygen atoms in total. The molecular weight excluding hydrogens is 382 g/mol. The Bertz CT molecular complexity index is 446. The molecule has 0 saturated carbocycles. The fourth-order valence-electron chi connectivity index (χ4n) is 2.86. The second-order valence-corrected chi connectivity index (χ2v) is 7.27. The first-order chi connectivity index (χ1) is 9.58. The van der Waals surface area contributed by atoms with E-state index in [4.69, 9.17) is 4.74 Å². The van der Waals surface area contributed by atoms with Crippen LogP contribution in [0.3, 0.4) is 0 Å². The zero-order chi connectivity index (χ0) is 14.6. The molecule has 4 heteroatoms. The summed E-state index contributed by atoms with van der Waals surface area (Å²) in [6, 6.07) is 6.98. The fraction of sp³-hybridized carbons (Fsp3) is 0.625. The smallest absolute Gasteiger partial charge is 0.0692 e. The van der Waals surface area contributed by atoms with Gasteiger partial charge in [0.2, 0.25) is 0 Å². The van der Waals surface area contributed by atoms with E-state index in [0.29, 0.717) is 6.04 Å². The highest BCUT2D eigenvalue weighted by Gasteiger charge is 2.34. The summed E-state index contributed by atoms with van der Waals surface area (Å²) >= 11 is 7.06. The SMILES string of the molecule is CCC1(CC)CC(NCc2ccc(Br)c(Br)c2)CCO1. The van der Waals surface area contributed by atoms with Crippen LogP contribution in [0.5, 0.6) is 0 Å². The highest BCUT2D eigenvalue weighted by atomic mass is 79.9. The summed E-state index contributed by atoms with van der Waals surface area (Å²) in [5, 5.41) is 3.69. The molecule has 1 heterocycles. The lowest BCUT2D eigenvalue weighted by molar-refractivity contribution is -0.0932. The van der Waals surface area contributed by atoms with E-state index in [9.17, 15) is 0 Å². The first-order valence-corrected chi connectivity index (χ1v) is 8.98. The van der Waals surface area contributed by atoms with Crippen molar-refractivity contribution in [2.45, 2.75) is 57.7 Å². The van der Waals surface area contributed by atoms with Crippen molar-refractivity contribution in [1.29, 1.82) is 0 Å². The fourth-order valence-corrected chi connectivity index (χ4v) is 3.53. The minimum Gasteiger partial charge on any atom is -0.375 e. The Hall–Kier alpha value is 0.1000. The van der Waals surface area contributed by atoms with Crippen molar-refractivity contribution in [3.05, 3.63) is 32.7 Å². The molecule has 1 saturated heterocycles. The molecule has 0 radical (unpaired) electrons. The van der Waals surface area contributed by atoms with Crippen molar-refractivity contribution in [2.75, 3.05) is 6.61 Å². The monoisotopic (exact) mass is 403 g/mol. The summed E-state index contributed by atoms with van der Waals surface area (Å²) in [7, 11) is 0. The van der Waals surface area contributed by atoms with Gasteiger partial charge in [-0.05, 0) is 75.2 Å². The average molecular weight is 405 g/mol. The Kier molecular flexibility index (Phi) is 6.09. The number of hydrogen-bond donors (Lipinski definition) is 1. The molecule has 1 unspecified atom stereocenters. The number of nitrogens with one attached hydrogen (secondary N) is 1. The van der Waals surface area contributed by atoms with Gasteiger partial charge in [-0.3, -0.25) is 0 Å². The molecule has 1 atom stereocenters. The van der Waals surface area contributed by atoms with Gasteiger partial charge in [-0.2, -0.15) is 0 Å². The Balaban J connectivity index is 1.91. The molecule has 1 N–H and O–H groups in total. The van der Waals surface area contributed by atoms with Crippen molar-refractivity contribution < 1.29 is 4.74 Å². The third-order valence-corrected chi connectivity index (χ3v) is 6.24. The Morgan fingerprint density at radius 2 is 2.00 bits per heavy atom. The van der Waals surface area contributed by atoms with Crippen molar-refractivity contribution >= 4 is 31.9 Å². The number of benzene rings is 1. The van der Waals surface area contributed by atoms with E-state index in [1.807, 2.05) is 0 Å². The van der Waals surface area contributed by atoms with Crippen LogP contribution in [-0.2, 0) is 11.3 Å². The Labute approximate surface area is 138 Å². The number of hydrogen-bond acceptors (Lipinski definition) is 2. The first-order valence-electron chi connectivity index (χ1n) is 7.40. The lowest BCUT2D eigenvalue weighted by Gasteiger charge is -2.40. The standard InChI is InChI=1S/C16H23Br2NO/c1-3-16(4-2)10-13(7-8-20-16)19-11-12-5-6-14(17)15(18)9-12/h5-6,9,13,19H,3-4,7-8,10-11H2,1-2H3. The van der Waals surface area contributed by atoms with Crippen molar-refractivity contribution in [2.24, 2.45) is 0 Å². The van der Waals surface area contributed by atoms with E-state index in [0.717, 1.165) is 47.8 Å². The van der Waals surface area contributed by atoms with Gasteiger partial charge < -0.3 is 10.1 Å². The number of rotatable bonds is 5. The summed E-state index contributed by atoms with van der Waals surface area (Å²) in [6.07, 6.45) is 4.44. The van der Waals surface area contributed by atoms with Gasteiger partial charge in [-0.15, -0.1) is 0 Å². The molecule has 1 aromatic carbocycles. The second-order valence-electron chi connectivity index (χ2n) is 5.56. The van der Waals surface area contributed by atoms with Gasteiger partial charge >= 0.3 is 0 Å². The largest absolute Gasteiger partial charge is 0.375 e. The van der Waals surface area contributed by atoms with Gasteiger partial charge in [0, 0.05) is 28.1 Å². The molecule has 0 spiro atoms. The molecule has 2 rings (SSSR count). The molecule has 1 fully saturated rings. The molecular formula is C16H23Br2NO. The molecule has 1 aliphatic heterocycles. The van der Waals surface area contributed by atoms with Gasteiger partial charge in [0.25, 0.3) is 0 Å². The summed E-state index contributed by atoms with van der Waals surface area (Å²) in [6.45, 7) is 6.26. The predicted molar refractivity (Wildman–Crippen MR) is 91.0 cm³/mol. The van der Waals surface area contributed by atoms with E-state index in [1.54, 1.807) is 0 Å². The molecule has 0 aromatic heterocycles. The molecule has 20 heavy (non-hydrogen) atoms. The van der Waals surface area contributed by atoms with Gasteiger partial charge in [0.15, 0.2) is 0 Å². The van der Waals surface area contributed by atoms with Crippen molar-refractivity contribution in [3.8, 4) is 0 Å². The van der Waals surface area contributed by atoms with E-state index in [1.165, 1.54) is 5.56 Å². The minimum absolute atomic E-state index is 0.0935. The van der Waals surface area contributed by atoms with Crippen LogP contribution in [-0.4, -0.2) is 18.2 Å². The maximum absolute atomic E-state index is 6.03. The summed E-state index contributed by atoms with van der Waals surface area (Å²) in [5.74, 6) is 0. The molecule has 1 aliphatic rings. The maximum atomic E-state index is 6.03. The number of halogens is 2. The average Bonchev–Trinajstić information content (AvgIpc) is 2.48. The number of ether oxygens (including phenoxy) is 1. The second kappa shape index (κ2) is 7.39. The van der Waals surface area contributed by atoms with Crippen LogP contribution in [0.1, 0.15) is 45.1 Å². The summed E-state index contributed by atoms with van der Waals surface area (Å²) in [5.41, 5.74) is 1.40. The molecule has 112 valence electrons. The predicted octanol–water partition coefficient (Wildman–Crippen LogP) is 5.04. The van der Waals surface area contributed by atoms with E-state index < -0.39 is 0 Å². The molecule has 0 aliphatic carbocycles. The topological polar surface area (TPSA) is 21.3 Å². The lowest BCUT2D eigenvalue weighted by Crippen LogP contribution is -2.46. The highest BCUT2D eigenvalue weighted by molar-refractivity contribution is 9.13. The van der Waals surface area contributed by atoms with E-state index in [2.05, 4.69) is 69.2 Å². The maximum Gasteiger partial charge on any atom is 0.0692 e. The quantitative estimate of drug-likeness (QED) is 0.742. The van der Waals surface area contributed by atoms with E-state index in [-0.39, 0.29) is 5.60 Å². The van der Waals surface area contributed by atoms with Crippen LogP contribution in [0.4, 0.5) is 0 Å². The van der Waals surface area contributed by atoms with Crippen LogP contribution >= 0.6 is 31.9 Å². The highest BCUT2D eigenvalue weighted by Crippen LogP contribution is 2.31. The van der Waals surface area contributed by atoms with Gasteiger partial charge in [0.05, 0.1) is 5.60 Å². The van der Waals surface area contributed by atoms with Crippen LogP contribution in [0.2, 0.25) is 0 Å². The zero-order valence-corrected chi connectivity index (χ0v) is 15.4. The Morgan fingerprint density at radius 3 is 2.65 bits per heavy atom. The van der Waals surface area contributed by atoms with Crippen molar-refractivity contribution in [1.82, 2.24) is 5.32 Å². The minimum atomic E-state index is 0.0935. The van der Waals surface area contributed by atoms with Crippen LogP contribution in [0, 0.1) is 0 Å². The summed E-state index contributed by atoms with van der Waals surface area (Å²) in [4.78, 5) is 0. The normalized spacial score (nSPS) is 21.9. The third kappa shape index (κ3) is 4.06. The Morgan fingerprint density at radius 1 is 1.25 bits per heavy atom. The van der Waals surface area contributed by atoms with Crippen LogP contribution in [0.15, 0.2) is 27.1 Å². The summed E-state index contributed by atoms with van der Waals surface area (Å²) < 4.78 is 8.24.